The fourth-order valence-corrected chi connectivity index (χ4v) is 2.85. The van der Waals surface area contributed by atoms with Gasteiger partial charge in [-0.1, -0.05) is 42.5 Å². The number of ether oxygens (including phenoxy) is 1. The lowest BCUT2D eigenvalue weighted by molar-refractivity contribution is 0.199. The number of hydrogen-bond acceptors (Lipinski definition) is 2. The highest BCUT2D eigenvalue weighted by atomic mass is 79.9. The minimum Gasteiger partial charge on any atom is -0.409 e. The van der Waals surface area contributed by atoms with Crippen LogP contribution in [-0.4, -0.2) is 6.09 Å². The largest absolute Gasteiger partial charge is 0.412 e. The summed E-state index contributed by atoms with van der Waals surface area (Å²) in [5, 5.41) is 2.79. The van der Waals surface area contributed by atoms with Crippen LogP contribution in [0.4, 0.5) is 4.79 Å². The normalized spacial score (nSPS) is 13.7. The van der Waals surface area contributed by atoms with Crippen LogP contribution in [0.3, 0.4) is 0 Å². The van der Waals surface area contributed by atoms with Crippen molar-refractivity contribution >= 4 is 22.0 Å². The van der Waals surface area contributed by atoms with E-state index < -0.39 is 6.09 Å². The lowest BCUT2D eigenvalue weighted by atomic mass is 10.1. The second-order valence-electron chi connectivity index (χ2n) is 5.60. The maximum atomic E-state index is 12.0. The van der Waals surface area contributed by atoms with Gasteiger partial charge in [0.1, 0.15) is 5.75 Å². The molecule has 1 fully saturated rings. The van der Waals surface area contributed by atoms with Crippen LogP contribution in [0.25, 0.3) is 0 Å². The molecule has 2 aromatic carbocycles. The number of carbonyl (C=O) groups is 1. The standard InChI is InChI=1S/C18H18BrNO2/c19-16-8-4-7-15(11-13-9-10-13)17(16)22-18(21)20-12-14-5-2-1-3-6-14/h1-8,13H,9-12H2,(H,20,21). The SMILES string of the molecule is O=C(NCc1ccccc1)Oc1c(Br)cccc1CC1CC1. The second kappa shape index (κ2) is 6.97. The second-order valence-corrected chi connectivity index (χ2v) is 6.46. The summed E-state index contributed by atoms with van der Waals surface area (Å²) in [5.74, 6) is 1.38. The Balaban J connectivity index is 1.63. The molecule has 1 saturated carbocycles. The Labute approximate surface area is 138 Å². The van der Waals surface area contributed by atoms with Gasteiger partial charge in [0.15, 0.2) is 0 Å². The molecule has 4 heteroatoms. The molecule has 2 aromatic rings. The first-order chi connectivity index (χ1) is 10.7. The molecule has 0 unspecified atom stereocenters. The van der Waals surface area contributed by atoms with Gasteiger partial charge in [-0.15, -0.1) is 0 Å². The summed E-state index contributed by atoms with van der Waals surface area (Å²) in [7, 11) is 0. The molecular formula is C18H18BrNO2. The lowest BCUT2D eigenvalue weighted by Crippen LogP contribution is -2.26. The average molecular weight is 360 g/mol. The van der Waals surface area contributed by atoms with Gasteiger partial charge in [-0.3, -0.25) is 0 Å². The molecule has 0 spiro atoms. The number of nitrogens with one attached hydrogen (secondary N) is 1. The summed E-state index contributed by atoms with van der Waals surface area (Å²) in [6.07, 6.45) is 3.09. The van der Waals surface area contributed by atoms with E-state index >= 15 is 0 Å². The number of hydrogen-bond donors (Lipinski definition) is 1. The Bertz CT molecular complexity index is 653. The van der Waals surface area contributed by atoms with Gasteiger partial charge in [-0.05, 0) is 58.3 Å². The van der Waals surface area contributed by atoms with Gasteiger partial charge in [0.2, 0.25) is 0 Å². The molecule has 22 heavy (non-hydrogen) atoms. The van der Waals surface area contributed by atoms with Gasteiger partial charge < -0.3 is 10.1 Å². The maximum absolute atomic E-state index is 12.0. The molecule has 114 valence electrons. The summed E-state index contributed by atoms with van der Waals surface area (Å²) in [5.41, 5.74) is 2.14. The first-order valence-corrected chi connectivity index (χ1v) is 8.28. The number of halogens is 1. The first-order valence-electron chi connectivity index (χ1n) is 7.49. The van der Waals surface area contributed by atoms with Crippen LogP contribution in [-0.2, 0) is 13.0 Å². The third-order valence-corrected chi connectivity index (χ3v) is 4.35. The van der Waals surface area contributed by atoms with Crippen molar-refractivity contribution in [2.45, 2.75) is 25.8 Å². The van der Waals surface area contributed by atoms with E-state index in [0.29, 0.717) is 12.3 Å². The summed E-state index contributed by atoms with van der Waals surface area (Å²) in [6.45, 7) is 0.460. The highest BCUT2D eigenvalue weighted by molar-refractivity contribution is 9.10. The van der Waals surface area contributed by atoms with Gasteiger partial charge in [0.05, 0.1) is 4.47 Å². The van der Waals surface area contributed by atoms with Crippen molar-refractivity contribution in [2.24, 2.45) is 5.92 Å². The fourth-order valence-electron chi connectivity index (χ4n) is 2.36. The van der Waals surface area contributed by atoms with Crippen molar-refractivity contribution in [2.75, 3.05) is 0 Å². The summed E-state index contributed by atoms with van der Waals surface area (Å²) >= 11 is 3.48. The lowest BCUT2D eigenvalue weighted by Gasteiger charge is -2.12. The highest BCUT2D eigenvalue weighted by Crippen LogP contribution is 2.37. The Hall–Kier alpha value is -1.81. The number of rotatable bonds is 5. The maximum Gasteiger partial charge on any atom is 0.412 e. The molecule has 1 N–H and O–H groups in total. The van der Waals surface area contributed by atoms with Gasteiger partial charge in [0, 0.05) is 6.54 Å². The minimum atomic E-state index is -0.423. The molecule has 1 aliphatic rings. The topological polar surface area (TPSA) is 38.3 Å². The van der Waals surface area contributed by atoms with E-state index in [1.807, 2.05) is 48.5 Å². The Morgan fingerprint density at radius 3 is 2.64 bits per heavy atom. The quantitative estimate of drug-likeness (QED) is 0.840. The molecule has 0 radical (unpaired) electrons. The van der Waals surface area contributed by atoms with E-state index in [0.717, 1.165) is 27.9 Å². The van der Waals surface area contributed by atoms with Gasteiger partial charge in [-0.25, -0.2) is 4.79 Å². The predicted molar refractivity (Wildman–Crippen MR) is 89.9 cm³/mol. The summed E-state index contributed by atoms with van der Waals surface area (Å²) in [6, 6.07) is 15.7. The molecule has 1 amide bonds. The predicted octanol–water partition coefficient (Wildman–Crippen LogP) is 4.69. The van der Waals surface area contributed by atoms with Gasteiger partial charge in [0.25, 0.3) is 0 Å². The Morgan fingerprint density at radius 2 is 1.91 bits per heavy atom. The average Bonchev–Trinajstić information content (AvgIpc) is 3.34. The molecule has 0 bridgehead atoms. The van der Waals surface area contributed by atoms with E-state index in [2.05, 4.69) is 21.2 Å². The molecule has 0 aliphatic heterocycles. The third kappa shape index (κ3) is 4.10. The van der Waals surface area contributed by atoms with E-state index in [9.17, 15) is 4.79 Å². The van der Waals surface area contributed by atoms with Crippen molar-refractivity contribution in [1.82, 2.24) is 5.32 Å². The van der Waals surface area contributed by atoms with E-state index in [4.69, 9.17) is 4.74 Å². The summed E-state index contributed by atoms with van der Waals surface area (Å²) in [4.78, 5) is 12.0. The monoisotopic (exact) mass is 359 g/mol. The number of benzene rings is 2. The van der Waals surface area contributed by atoms with E-state index in [1.165, 1.54) is 12.8 Å². The fraction of sp³-hybridized carbons (Fsp3) is 0.278. The van der Waals surface area contributed by atoms with Crippen LogP contribution in [0.15, 0.2) is 53.0 Å². The molecule has 0 atom stereocenters. The van der Waals surface area contributed by atoms with E-state index in [-0.39, 0.29) is 0 Å². The van der Waals surface area contributed by atoms with Crippen molar-refractivity contribution in [3.05, 3.63) is 64.1 Å². The zero-order chi connectivity index (χ0) is 15.4. The zero-order valence-electron chi connectivity index (χ0n) is 12.2. The van der Waals surface area contributed by atoms with Crippen molar-refractivity contribution < 1.29 is 9.53 Å². The van der Waals surface area contributed by atoms with Crippen LogP contribution >= 0.6 is 15.9 Å². The molecule has 3 nitrogen and oxygen atoms in total. The summed E-state index contributed by atoms with van der Waals surface area (Å²) < 4.78 is 6.35. The molecular weight excluding hydrogens is 342 g/mol. The van der Waals surface area contributed by atoms with Crippen LogP contribution in [0.2, 0.25) is 0 Å². The molecule has 0 heterocycles. The van der Waals surface area contributed by atoms with E-state index in [1.54, 1.807) is 0 Å². The van der Waals surface area contributed by atoms with Gasteiger partial charge in [-0.2, -0.15) is 0 Å². The molecule has 0 aromatic heterocycles. The molecule has 0 saturated heterocycles. The van der Waals surface area contributed by atoms with Crippen molar-refractivity contribution in [1.29, 1.82) is 0 Å². The smallest absolute Gasteiger partial charge is 0.409 e. The molecule has 1 aliphatic carbocycles. The zero-order valence-corrected chi connectivity index (χ0v) is 13.8. The van der Waals surface area contributed by atoms with Crippen LogP contribution in [0, 0.1) is 5.92 Å². The minimum absolute atomic E-state index is 0.423. The molecule has 3 rings (SSSR count). The Kier molecular flexibility index (Phi) is 4.78. The highest BCUT2D eigenvalue weighted by Gasteiger charge is 2.24. The van der Waals surface area contributed by atoms with Crippen molar-refractivity contribution in [3.8, 4) is 5.75 Å². The van der Waals surface area contributed by atoms with Crippen LogP contribution in [0.1, 0.15) is 24.0 Å². The van der Waals surface area contributed by atoms with Gasteiger partial charge >= 0.3 is 6.09 Å². The first kappa shape index (κ1) is 15.1. The van der Waals surface area contributed by atoms with Crippen LogP contribution < -0.4 is 10.1 Å². The number of carbonyl (C=O) groups excluding carboxylic acids is 1. The number of para-hydroxylation sites is 1. The van der Waals surface area contributed by atoms with Crippen LogP contribution in [0.5, 0.6) is 5.75 Å². The number of amides is 1. The van der Waals surface area contributed by atoms with Crippen molar-refractivity contribution in [3.63, 3.8) is 0 Å². The Morgan fingerprint density at radius 1 is 1.14 bits per heavy atom. The third-order valence-electron chi connectivity index (χ3n) is 3.73.